The molecule has 0 bridgehead atoms. The third-order valence-electron chi connectivity index (χ3n) is 4.92. The predicted molar refractivity (Wildman–Crippen MR) is 109 cm³/mol. The molecule has 1 aromatic heterocycles. The fourth-order valence-corrected chi connectivity index (χ4v) is 3.39. The van der Waals surface area contributed by atoms with E-state index in [1.165, 1.54) is 13.1 Å². The van der Waals surface area contributed by atoms with Crippen LogP contribution in [-0.4, -0.2) is 39.4 Å². The van der Waals surface area contributed by atoms with Gasteiger partial charge >= 0.3 is 0 Å². The minimum Gasteiger partial charge on any atom is -0.322 e. The maximum Gasteiger partial charge on any atom is 0.261 e. The number of hydrogen-bond acceptors (Lipinski definition) is 4. The van der Waals surface area contributed by atoms with Crippen LogP contribution in [0.25, 0.3) is 5.69 Å². The van der Waals surface area contributed by atoms with Crippen LogP contribution in [0.2, 0.25) is 5.02 Å². The second kappa shape index (κ2) is 6.86. The summed E-state index contributed by atoms with van der Waals surface area (Å²) in [4.78, 5) is 37.7. The van der Waals surface area contributed by atoms with Gasteiger partial charge in [0.15, 0.2) is 0 Å². The second-order valence-electron chi connectivity index (χ2n) is 6.83. The number of benzene rings is 2. The third-order valence-corrected chi connectivity index (χ3v) is 5.47. The van der Waals surface area contributed by atoms with Crippen LogP contribution in [0.15, 0.2) is 42.5 Å². The number of amides is 3. The molecule has 2 heterocycles. The average molecular weight is 409 g/mol. The number of carbonyl (C=O) groups excluding carboxylic acids is 3. The van der Waals surface area contributed by atoms with E-state index in [-0.39, 0.29) is 23.3 Å². The number of hydrogen-bond donors (Lipinski definition) is 1. The molecule has 2 aromatic carbocycles. The van der Waals surface area contributed by atoms with Gasteiger partial charge < -0.3 is 5.32 Å². The van der Waals surface area contributed by atoms with Crippen LogP contribution in [0.3, 0.4) is 0 Å². The summed E-state index contributed by atoms with van der Waals surface area (Å²) in [6.07, 6.45) is 0. The van der Waals surface area contributed by atoms with Crippen molar-refractivity contribution in [3.63, 3.8) is 0 Å². The van der Waals surface area contributed by atoms with Crippen molar-refractivity contribution in [2.24, 2.45) is 0 Å². The van der Waals surface area contributed by atoms with Crippen molar-refractivity contribution in [3.05, 3.63) is 75.6 Å². The molecule has 0 spiro atoms. The van der Waals surface area contributed by atoms with Gasteiger partial charge in [-0.05, 0) is 56.3 Å². The molecule has 3 amide bonds. The Morgan fingerprint density at radius 2 is 1.66 bits per heavy atom. The molecule has 1 N–H and O–H groups in total. The number of anilines is 1. The average Bonchev–Trinajstić information content (AvgIpc) is 3.10. The van der Waals surface area contributed by atoms with E-state index in [4.69, 9.17) is 11.6 Å². The van der Waals surface area contributed by atoms with E-state index >= 15 is 0 Å². The maximum absolute atomic E-state index is 12.6. The first-order chi connectivity index (χ1) is 13.8. The van der Waals surface area contributed by atoms with Gasteiger partial charge in [0, 0.05) is 18.3 Å². The molecule has 0 radical (unpaired) electrons. The molecule has 146 valence electrons. The van der Waals surface area contributed by atoms with Gasteiger partial charge in [-0.3, -0.25) is 19.3 Å². The molecule has 1 aliphatic rings. The Bertz CT molecular complexity index is 1180. The van der Waals surface area contributed by atoms with Crippen molar-refractivity contribution < 1.29 is 14.4 Å². The van der Waals surface area contributed by atoms with Gasteiger partial charge in [0.25, 0.3) is 17.7 Å². The van der Waals surface area contributed by atoms with E-state index in [0.29, 0.717) is 21.8 Å². The van der Waals surface area contributed by atoms with Gasteiger partial charge in [-0.15, -0.1) is 0 Å². The van der Waals surface area contributed by atoms with Gasteiger partial charge in [-0.2, -0.15) is 5.10 Å². The van der Waals surface area contributed by atoms with Crippen molar-refractivity contribution in [2.45, 2.75) is 13.8 Å². The lowest BCUT2D eigenvalue weighted by Gasteiger charge is -2.08. The van der Waals surface area contributed by atoms with Crippen molar-refractivity contribution in [1.29, 1.82) is 0 Å². The maximum atomic E-state index is 12.6. The molecule has 0 unspecified atom stereocenters. The Balaban J connectivity index is 1.55. The predicted octanol–water partition coefficient (Wildman–Crippen LogP) is 3.62. The molecule has 29 heavy (non-hydrogen) atoms. The monoisotopic (exact) mass is 408 g/mol. The topological polar surface area (TPSA) is 84.3 Å². The Hall–Kier alpha value is -3.45. The summed E-state index contributed by atoms with van der Waals surface area (Å²) in [5.74, 6) is -1.05. The Kier molecular flexibility index (Phi) is 4.47. The number of halogens is 1. The minimum atomic E-state index is -0.381. The Morgan fingerprint density at radius 3 is 2.28 bits per heavy atom. The number of rotatable bonds is 3. The van der Waals surface area contributed by atoms with Crippen LogP contribution < -0.4 is 5.32 Å². The highest BCUT2D eigenvalue weighted by Crippen LogP contribution is 2.25. The molecule has 3 aromatic rings. The highest BCUT2D eigenvalue weighted by atomic mass is 35.5. The van der Waals surface area contributed by atoms with Crippen molar-refractivity contribution in [3.8, 4) is 5.69 Å². The fraction of sp³-hybridized carbons (Fsp3) is 0.143. The summed E-state index contributed by atoms with van der Waals surface area (Å²) >= 11 is 6.19. The van der Waals surface area contributed by atoms with E-state index < -0.39 is 0 Å². The van der Waals surface area contributed by atoms with Crippen LogP contribution in [0.5, 0.6) is 0 Å². The van der Waals surface area contributed by atoms with E-state index in [0.717, 1.165) is 22.0 Å². The molecule has 0 atom stereocenters. The van der Waals surface area contributed by atoms with Crippen LogP contribution in [0, 0.1) is 13.8 Å². The number of aryl methyl sites for hydroxylation is 1. The molecule has 0 fully saturated rings. The SMILES string of the molecule is Cc1nn(-c2ccc(C(=O)Nc3ccc4c(c3)C(=O)N(C)C4=O)cc2)c(C)c1Cl. The summed E-state index contributed by atoms with van der Waals surface area (Å²) < 4.78 is 1.72. The quantitative estimate of drug-likeness (QED) is 0.671. The minimum absolute atomic E-state index is 0.284. The molecule has 7 nitrogen and oxygen atoms in total. The van der Waals surface area contributed by atoms with E-state index in [2.05, 4.69) is 10.4 Å². The second-order valence-corrected chi connectivity index (χ2v) is 7.21. The van der Waals surface area contributed by atoms with Crippen LogP contribution in [0.1, 0.15) is 42.5 Å². The Labute approximate surface area is 171 Å². The van der Waals surface area contributed by atoms with Crippen LogP contribution in [0.4, 0.5) is 5.69 Å². The first-order valence-corrected chi connectivity index (χ1v) is 9.25. The van der Waals surface area contributed by atoms with Gasteiger partial charge in [0.2, 0.25) is 0 Å². The molecular weight excluding hydrogens is 392 g/mol. The van der Waals surface area contributed by atoms with Gasteiger partial charge in [-0.1, -0.05) is 11.6 Å². The fourth-order valence-electron chi connectivity index (χ4n) is 3.27. The van der Waals surface area contributed by atoms with Gasteiger partial charge in [-0.25, -0.2) is 4.68 Å². The van der Waals surface area contributed by atoms with Crippen molar-refractivity contribution in [2.75, 3.05) is 12.4 Å². The first kappa shape index (κ1) is 18.9. The number of imide groups is 1. The summed E-state index contributed by atoms with van der Waals surface area (Å²) in [7, 11) is 1.43. The summed E-state index contributed by atoms with van der Waals surface area (Å²) in [5, 5.41) is 7.77. The summed E-state index contributed by atoms with van der Waals surface area (Å²) in [5.41, 5.74) is 3.86. The lowest BCUT2D eigenvalue weighted by atomic mass is 10.1. The molecule has 0 saturated heterocycles. The summed E-state index contributed by atoms with van der Waals surface area (Å²) in [6, 6.07) is 11.6. The normalized spacial score (nSPS) is 13.0. The van der Waals surface area contributed by atoms with Gasteiger partial charge in [0.05, 0.1) is 33.2 Å². The zero-order chi connectivity index (χ0) is 20.9. The number of nitrogens with zero attached hydrogens (tertiary/aromatic N) is 3. The van der Waals surface area contributed by atoms with E-state index in [1.54, 1.807) is 41.1 Å². The van der Waals surface area contributed by atoms with Crippen LogP contribution >= 0.6 is 11.6 Å². The zero-order valence-electron chi connectivity index (χ0n) is 16.0. The van der Waals surface area contributed by atoms with Gasteiger partial charge in [0.1, 0.15) is 0 Å². The Morgan fingerprint density at radius 1 is 1.00 bits per heavy atom. The largest absolute Gasteiger partial charge is 0.322 e. The lowest BCUT2D eigenvalue weighted by molar-refractivity contribution is 0.0692. The van der Waals surface area contributed by atoms with E-state index in [1.807, 2.05) is 13.8 Å². The van der Waals surface area contributed by atoms with Crippen molar-refractivity contribution in [1.82, 2.24) is 14.7 Å². The number of carbonyl (C=O) groups is 3. The molecule has 8 heteroatoms. The third kappa shape index (κ3) is 3.09. The zero-order valence-corrected chi connectivity index (χ0v) is 16.7. The highest BCUT2D eigenvalue weighted by Gasteiger charge is 2.32. The van der Waals surface area contributed by atoms with E-state index in [9.17, 15) is 14.4 Å². The number of nitrogens with one attached hydrogen (secondary N) is 1. The lowest BCUT2D eigenvalue weighted by Crippen LogP contribution is -2.24. The molecular formula is C21H17ClN4O3. The van der Waals surface area contributed by atoms with Crippen molar-refractivity contribution >= 4 is 35.0 Å². The standard InChI is InChI=1S/C21H17ClN4O3/c1-11-18(22)12(2)26(24-11)15-7-4-13(5-8-15)19(27)23-14-6-9-16-17(10-14)21(29)25(3)20(16)28/h4-10H,1-3H3,(H,23,27). The number of fused-ring (bicyclic) bond motifs is 1. The highest BCUT2D eigenvalue weighted by molar-refractivity contribution is 6.31. The molecule has 0 saturated carbocycles. The molecule has 4 rings (SSSR count). The van der Waals surface area contributed by atoms with Crippen LogP contribution in [-0.2, 0) is 0 Å². The number of aromatic nitrogens is 2. The summed E-state index contributed by atoms with van der Waals surface area (Å²) in [6.45, 7) is 3.71. The smallest absolute Gasteiger partial charge is 0.261 e. The molecule has 0 aliphatic carbocycles. The first-order valence-electron chi connectivity index (χ1n) is 8.88. The molecule has 1 aliphatic heterocycles.